The number of rotatable bonds is 5. The maximum atomic E-state index is 12.5. The summed E-state index contributed by atoms with van der Waals surface area (Å²) in [6.45, 7) is 5.80. The molecule has 5 nitrogen and oxygen atoms in total. The average Bonchev–Trinajstić information content (AvgIpc) is 2.66. The monoisotopic (exact) mass is 365 g/mol. The fourth-order valence-corrected chi connectivity index (χ4v) is 3.46. The highest BCUT2D eigenvalue weighted by molar-refractivity contribution is 5.94. The minimum absolute atomic E-state index is 0.0286. The minimum Gasteiger partial charge on any atom is -0.326 e. The van der Waals surface area contributed by atoms with Gasteiger partial charge in [-0.1, -0.05) is 30.3 Å². The molecule has 1 saturated heterocycles. The normalized spacial score (nSPS) is 17.3. The van der Waals surface area contributed by atoms with E-state index in [1.165, 1.54) is 0 Å². The zero-order valence-electron chi connectivity index (χ0n) is 16.0. The fraction of sp³-hybridized carbons (Fsp3) is 0.364. The van der Waals surface area contributed by atoms with Crippen LogP contribution in [0.5, 0.6) is 0 Å². The van der Waals surface area contributed by atoms with E-state index in [0.29, 0.717) is 13.1 Å². The van der Waals surface area contributed by atoms with Gasteiger partial charge in [-0.3, -0.25) is 14.5 Å². The molecule has 2 amide bonds. The zero-order chi connectivity index (χ0) is 19.2. The molecule has 0 aliphatic carbocycles. The molecule has 1 aliphatic rings. The van der Waals surface area contributed by atoms with Crippen LogP contribution in [-0.2, 0) is 9.59 Å². The van der Waals surface area contributed by atoms with E-state index < -0.39 is 0 Å². The van der Waals surface area contributed by atoms with Crippen LogP contribution in [0.2, 0.25) is 0 Å². The Balaban J connectivity index is 1.54. The second-order valence-corrected chi connectivity index (χ2v) is 7.23. The van der Waals surface area contributed by atoms with Crippen molar-refractivity contribution in [2.75, 3.05) is 30.3 Å². The number of hydrogen-bond donors (Lipinski definition) is 2. The van der Waals surface area contributed by atoms with Crippen LogP contribution in [0, 0.1) is 19.8 Å². The van der Waals surface area contributed by atoms with E-state index >= 15 is 0 Å². The van der Waals surface area contributed by atoms with Crippen molar-refractivity contribution in [2.45, 2.75) is 26.7 Å². The Morgan fingerprint density at radius 3 is 2.59 bits per heavy atom. The summed E-state index contributed by atoms with van der Waals surface area (Å²) in [6, 6.07) is 15.4. The number of likely N-dealkylation sites (tertiary alicyclic amines) is 1. The van der Waals surface area contributed by atoms with Crippen molar-refractivity contribution in [3.8, 4) is 0 Å². The van der Waals surface area contributed by atoms with E-state index in [0.717, 1.165) is 41.9 Å². The van der Waals surface area contributed by atoms with Crippen molar-refractivity contribution >= 4 is 23.2 Å². The van der Waals surface area contributed by atoms with Gasteiger partial charge in [0.1, 0.15) is 0 Å². The average molecular weight is 365 g/mol. The van der Waals surface area contributed by atoms with Crippen LogP contribution in [0.3, 0.4) is 0 Å². The molecule has 1 heterocycles. The number of carbonyl (C=O) groups excluding carboxylic acids is 2. The van der Waals surface area contributed by atoms with E-state index in [1.54, 1.807) is 0 Å². The number of hydrogen-bond acceptors (Lipinski definition) is 3. The van der Waals surface area contributed by atoms with Gasteiger partial charge in [0.25, 0.3) is 0 Å². The van der Waals surface area contributed by atoms with E-state index in [9.17, 15) is 9.59 Å². The molecule has 0 radical (unpaired) electrons. The van der Waals surface area contributed by atoms with Gasteiger partial charge in [-0.05, 0) is 62.6 Å². The van der Waals surface area contributed by atoms with Gasteiger partial charge in [0.2, 0.25) is 11.8 Å². The van der Waals surface area contributed by atoms with Crippen LogP contribution < -0.4 is 10.6 Å². The Morgan fingerprint density at radius 2 is 1.81 bits per heavy atom. The summed E-state index contributed by atoms with van der Waals surface area (Å²) >= 11 is 0. The largest absolute Gasteiger partial charge is 0.326 e. The van der Waals surface area contributed by atoms with Crippen LogP contribution >= 0.6 is 0 Å². The Morgan fingerprint density at radius 1 is 1.04 bits per heavy atom. The molecule has 27 heavy (non-hydrogen) atoms. The first-order chi connectivity index (χ1) is 13.0. The molecule has 1 aliphatic heterocycles. The van der Waals surface area contributed by atoms with Gasteiger partial charge in [0, 0.05) is 17.9 Å². The van der Waals surface area contributed by atoms with E-state index in [2.05, 4.69) is 15.5 Å². The van der Waals surface area contributed by atoms with E-state index in [1.807, 2.05) is 62.4 Å². The molecule has 0 bridgehead atoms. The number of nitrogens with zero attached hydrogens (tertiary/aromatic N) is 1. The number of piperidine rings is 1. The van der Waals surface area contributed by atoms with Crippen LogP contribution in [0.25, 0.3) is 0 Å². The van der Waals surface area contributed by atoms with Crippen molar-refractivity contribution in [1.82, 2.24) is 4.90 Å². The third-order valence-corrected chi connectivity index (χ3v) is 5.16. The van der Waals surface area contributed by atoms with Gasteiger partial charge < -0.3 is 10.6 Å². The molecule has 2 aromatic carbocycles. The molecule has 0 aromatic heterocycles. The third kappa shape index (κ3) is 5.17. The molecule has 0 saturated carbocycles. The molecule has 142 valence electrons. The molecule has 0 unspecified atom stereocenters. The van der Waals surface area contributed by atoms with Crippen molar-refractivity contribution < 1.29 is 9.59 Å². The lowest BCUT2D eigenvalue weighted by molar-refractivity contribution is -0.123. The van der Waals surface area contributed by atoms with Gasteiger partial charge in [-0.25, -0.2) is 0 Å². The SMILES string of the molecule is Cc1cccc(NC(=O)CN2CCC[C@@H](C(=O)Nc3ccccc3)C2)c1C. The molecule has 3 rings (SSSR count). The van der Waals surface area contributed by atoms with Gasteiger partial charge >= 0.3 is 0 Å². The lowest BCUT2D eigenvalue weighted by Gasteiger charge is -2.31. The van der Waals surface area contributed by atoms with Crippen molar-refractivity contribution in [3.05, 3.63) is 59.7 Å². The minimum atomic E-state index is -0.0903. The van der Waals surface area contributed by atoms with Crippen LogP contribution in [0.1, 0.15) is 24.0 Å². The van der Waals surface area contributed by atoms with Crippen LogP contribution in [0.15, 0.2) is 48.5 Å². The lowest BCUT2D eigenvalue weighted by atomic mass is 9.97. The number of amides is 2. The predicted octanol–water partition coefficient (Wildman–Crippen LogP) is 3.59. The second kappa shape index (κ2) is 8.82. The van der Waals surface area contributed by atoms with Crippen LogP contribution in [-0.4, -0.2) is 36.3 Å². The summed E-state index contributed by atoms with van der Waals surface area (Å²) in [4.78, 5) is 27.1. The molecule has 5 heteroatoms. The highest BCUT2D eigenvalue weighted by atomic mass is 16.2. The topological polar surface area (TPSA) is 61.4 Å². The summed E-state index contributed by atoms with van der Waals surface area (Å²) in [5.74, 6) is -0.0962. The van der Waals surface area contributed by atoms with Gasteiger partial charge in [-0.2, -0.15) is 0 Å². The van der Waals surface area contributed by atoms with Gasteiger partial charge in [0.15, 0.2) is 0 Å². The van der Waals surface area contributed by atoms with Crippen LogP contribution in [0.4, 0.5) is 11.4 Å². The molecular weight excluding hydrogens is 338 g/mol. The number of anilines is 2. The second-order valence-electron chi connectivity index (χ2n) is 7.23. The Labute approximate surface area is 160 Å². The van der Waals surface area contributed by atoms with Crippen molar-refractivity contribution in [1.29, 1.82) is 0 Å². The number of para-hydroxylation sites is 1. The van der Waals surface area contributed by atoms with Gasteiger partial charge in [0.05, 0.1) is 12.5 Å². The summed E-state index contributed by atoms with van der Waals surface area (Å²) in [5, 5.41) is 5.97. The molecule has 1 fully saturated rings. The van der Waals surface area contributed by atoms with Gasteiger partial charge in [-0.15, -0.1) is 0 Å². The molecule has 1 atom stereocenters. The number of aryl methyl sites for hydroxylation is 1. The lowest BCUT2D eigenvalue weighted by Crippen LogP contribution is -2.44. The summed E-state index contributed by atoms with van der Waals surface area (Å²) < 4.78 is 0. The predicted molar refractivity (Wildman–Crippen MR) is 109 cm³/mol. The number of nitrogens with one attached hydrogen (secondary N) is 2. The standard InChI is InChI=1S/C22H27N3O2/c1-16-8-6-12-20(17(16)2)24-21(26)15-25-13-7-9-18(14-25)22(27)23-19-10-4-3-5-11-19/h3-6,8,10-12,18H,7,9,13-15H2,1-2H3,(H,23,27)(H,24,26)/t18-/m1/s1. The Bertz CT molecular complexity index is 804. The molecule has 2 aromatic rings. The molecular formula is C22H27N3O2. The van der Waals surface area contributed by atoms with Crippen molar-refractivity contribution in [2.24, 2.45) is 5.92 Å². The third-order valence-electron chi connectivity index (χ3n) is 5.16. The number of benzene rings is 2. The first-order valence-electron chi connectivity index (χ1n) is 9.47. The smallest absolute Gasteiger partial charge is 0.238 e. The van der Waals surface area contributed by atoms with E-state index in [-0.39, 0.29) is 17.7 Å². The highest BCUT2D eigenvalue weighted by Crippen LogP contribution is 2.20. The maximum absolute atomic E-state index is 12.5. The molecule has 0 spiro atoms. The summed E-state index contributed by atoms with van der Waals surface area (Å²) in [6.07, 6.45) is 1.78. The van der Waals surface area contributed by atoms with Crippen molar-refractivity contribution in [3.63, 3.8) is 0 Å². The maximum Gasteiger partial charge on any atom is 0.238 e. The first-order valence-corrected chi connectivity index (χ1v) is 9.47. The quantitative estimate of drug-likeness (QED) is 0.851. The Hall–Kier alpha value is -2.66. The van der Waals surface area contributed by atoms with E-state index in [4.69, 9.17) is 0 Å². The molecule has 2 N–H and O–H groups in total. The summed E-state index contributed by atoms with van der Waals surface area (Å²) in [7, 11) is 0. The zero-order valence-corrected chi connectivity index (χ0v) is 16.0. The Kier molecular flexibility index (Phi) is 6.24. The number of carbonyl (C=O) groups is 2. The fourth-order valence-electron chi connectivity index (χ4n) is 3.46. The summed E-state index contributed by atoms with van der Waals surface area (Å²) in [5.41, 5.74) is 3.91. The highest BCUT2D eigenvalue weighted by Gasteiger charge is 2.27. The first kappa shape index (κ1) is 19.1.